The lowest BCUT2D eigenvalue weighted by Crippen LogP contribution is -2.30. The molecule has 2 aromatic carbocycles. The van der Waals surface area contributed by atoms with E-state index >= 15 is 0 Å². The van der Waals surface area contributed by atoms with Crippen molar-refractivity contribution in [3.8, 4) is 17.6 Å². The summed E-state index contributed by atoms with van der Waals surface area (Å²) in [5.41, 5.74) is 2.47. The third-order valence-electron chi connectivity index (χ3n) is 7.11. The number of rotatable bonds is 8. The van der Waals surface area contributed by atoms with Crippen molar-refractivity contribution < 1.29 is 22.6 Å². The third kappa shape index (κ3) is 7.95. The molecule has 220 valence electrons. The Kier molecular flexibility index (Phi) is 9.75. The van der Waals surface area contributed by atoms with Gasteiger partial charge in [0.15, 0.2) is 0 Å². The Morgan fingerprint density at radius 2 is 1.90 bits per heavy atom. The Hall–Kier alpha value is -2.78. The highest BCUT2D eigenvalue weighted by atomic mass is 32.2. The zero-order valence-corrected chi connectivity index (χ0v) is 24.7. The smallest absolute Gasteiger partial charge is 0.406 e. The number of morpholine rings is 1. The molecule has 0 unspecified atom stereocenters. The van der Waals surface area contributed by atoms with Crippen LogP contribution < -0.4 is 15.4 Å². The van der Waals surface area contributed by atoms with Gasteiger partial charge in [-0.1, -0.05) is 17.9 Å². The molecule has 2 fully saturated rings. The second-order valence-corrected chi connectivity index (χ2v) is 13.3. The van der Waals surface area contributed by atoms with Gasteiger partial charge in [-0.2, -0.15) is 23.7 Å². The number of benzene rings is 2. The van der Waals surface area contributed by atoms with Crippen molar-refractivity contribution >= 4 is 50.6 Å². The summed E-state index contributed by atoms with van der Waals surface area (Å²) in [5.74, 6) is 13.0. The fraction of sp³-hybridized carbons (Fsp3) is 0.433. The van der Waals surface area contributed by atoms with E-state index in [1.807, 2.05) is 24.3 Å². The fourth-order valence-corrected chi connectivity index (χ4v) is 7.39. The van der Waals surface area contributed by atoms with Crippen LogP contribution in [0.5, 0.6) is 5.75 Å². The second-order valence-electron chi connectivity index (χ2n) is 10.1. The third-order valence-corrected chi connectivity index (χ3v) is 9.83. The topological polar surface area (TPSA) is 50.7 Å². The van der Waals surface area contributed by atoms with Crippen molar-refractivity contribution in [3.63, 3.8) is 0 Å². The van der Waals surface area contributed by atoms with Gasteiger partial charge in [0, 0.05) is 35.1 Å². The molecule has 0 spiro atoms. The van der Waals surface area contributed by atoms with Gasteiger partial charge in [-0.15, -0.1) is 0 Å². The molecular weight excluding hydrogens is 569 g/mol. The molecule has 2 aliphatic heterocycles. The monoisotopic (exact) mass is 604 g/mol. The van der Waals surface area contributed by atoms with Crippen LogP contribution in [0.15, 0.2) is 47.4 Å². The zero-order valence-electron chi connectivity index (χ0n) is 23.1. The van der Waals surface area contributed by atoms with Gasteiger partial charge < -0.3 is 24.7 Å². The molecule has 3 aromatic rings. The van der Waals surface area contributed by atoms with Crippen LogP contribution in [0.4, 0.5) is 24.5 Å². The molecule has 2 aliphatic rings. The molecule has 5 rings (SSSR count). The number of anilines is 2. The molecular formula is C30H35F3N4O2S2. The highest BCUT2D eigenvalue weighted by molar-refractivity contribution is 8.14. The highest BCUT2D eigenvalue weighted by Gasteiger charge is 2.30. The van der Waals surface area contributed by atoms with Crippen molar-refractivity contribution in [1.82, 2.24) is 8.87 Å². The first kappa shape index (κ1) is 29.7. The summed E-state index contributed by atoms with van der Waals surface area (Å²) in [6, 6.07) is 13.4. The van der Waals surface area contributed by atoms with Crippen LogP contribution >= 0.6 is 22.4 Å². The summed E-state index contributed by atoms with van der Waals surface area (Å²) in [6.45, 7) is 2.33. The lowest BCUT2D eigenvalue weighted by molar-refractivity contribution is -0.140. The number of nitrogens with zero attached hydrogens (tertiary/aromatic N) is 2. The summed E-state index contributed by atoms with van der Waals surface area (Å²) in [5, 5.41) is 7.58. The first-order chi connectivity index (χ1) is 19.8. The van der Waals surface area contributed by atoms with Crippen molar-refractivity contribution in [1.29, 1.82) is 0 Å². The number of halogens is 3. The van der Waals surface area contributed by atoms with E-state index in [2.05, 4.69) is 32.7 Å². The van der Waals surface area contributed by atoms with Gasteiger partial charge in [0.2, 0.25) is 0 Å². The molecule has 2 N–H and O–H groups in total. The number of nitrogens with one attached hydrogen (secondary N) is 2. The van der Waals surface area contributed by atoms with E-state index in [1.54, 1.807) is 37.3 Å². The Morgan fingerprint density at radius 1 is 1.12 bits per heavy atom. The molecule has 0 bridgehead atoms. The van der Waals surface area contributed by atoms with Crippen molar-refractivity contribution in [3.05, 3.63) is 48.2 Å². The molecule has 6 nitrogen and oxygen atoms in total. The van der Waals surface area contributed by atoms with Gasteiger partial charge >= 0.3 is 6.18 Å². The van der Waals surface area contributed by atoms with Crippen molar-refractivity contribution in [2.24, 2.45) is 0 Å². The summed E-state index contributed by atoms with van der Waals surface area (Å²) in [6.07, 6.45) is -2.34. The lowest BCUT2D eigenvalue weighted by atomic mass is 10.1. The minimum Gasteiger partial charge on any atom is -0.495 e. The minimum absolute atomic E-state index is 0.211. The number of hydrogen-bond donors (Lipinski definition) is 2. The first-order valence-electron chi connectivity index (χ1n) is 13.6. The summed E-state index contributed by atoms with van der Waals surface area (Å²) in [7, 11) is 1.82. The first-order valence-corrected chi connectivity index (χ1v) is 16.1. The van der Waals surface area contributed by atoms with Crippen molar-refractivity contribution in [2.75, 3.05) is 62.1 Å². The highest BCUT2D eigenvalue weighted by Crippen LogP contribution is 2.34. The number of alkyl halides is 3. The van der Waals surface area contributed by atoms with Crippen LogP contribution in [0.3, 0.4) is 0 Å². The molecule has 41 heavy (non-hydrogen) atoms. The van der Waals surface area contributed by atoms with Crippen LogP contribution in [0, 0.1) is 11.8 Å². The van der Waals surface area contributed by atoms with Gasteiger partial charge in [-0.3, -0.25) is 0 Å². The van der Waals surface area contributed by atoms with E-state index < -0.39 is 12.7 Å². The SMILES string of the molecule is C=S1CCC(Nc2cccc3c2cc(C#CCNc2ccc(SN4CCOCC4)cc2OC)n3CC(F)(F)F)CC1. The molecule has 3 heterocycles. The Morgan fingerprint density at radius 3 is 2.63 bits per heavy atom. The molecule has 0 atom stereocenters. The number of methoxy groups -OCH3 is 1. The predicted octanol–water partition coefficient (Wildman–Crippen LogP) is 6.29. The van der Waals surface area contributed by atoms with E-state index in [0.717, 1.165) is 72.3 Å². The Labute approximate surface area is 246 Å². The number of aromatic nitrogens is 1. The van der Waals surface area contributed by atoms with Gasteiger partial charge in [0.1, 0.15) is 12.3 Å². The van der Waals surface area contributed by atoms with Gasteiger partial charge in [0.05, 0.1) is 43.8 Å². The molecule has 1 aromatic heterocycles. The van der Waals surface area contributed by atoms with Gasteiger partial charge in [0.25, 0.3) is 0 Å². The number of hydrogen-bond acceptors (Lipinski definition) is 6. The molecule has 0 radical (unpaired) electrons. The van der Waals surface area contributed by atoms with Gasteiger partial charge in [-0.05, 0) is 78.6 Å². The van der Waals surface area contributed by atoms with Gasteiger partial charge in [-0.25, -0.2) is 4.31 Å². The lowest BCUT2D eigenvalue weighted by Gasteiger charge is -2.26. The second kappa shape index (κ2) is 13.5. The average molecular weight is 605 g/mol. The van der Waals surface area contributed by atoms with E-state index in [1.165, 1.54) is 4.57 Å². The van der Waals surface area contributed by atoms with Crippen LogP contribution in [0.1, 0.15) is 18.5 Å². The van der Waals surface area contributed by atoms with Crippen LogP contribution in [-0.2, 0) is 11.3 Å². The maximum Gasteiger partial charge on any atom is 0.406 e. The largest absolute Gasteiger partial charge is 0.495 e. The van der Waals surface area contributed by atoms with Crippen molar-refractivity contribution in [2.45, 2.75) is 36.5 Å². The Balaban J connectivity index is 1.32. The van der Waals surface area contributed by atoms with Crippen LogP contribution in [-0.4, -0.2) is 78.4 Å². The summed E-state index contributed by atoms with van der Waals surface area (Å²) < 4.78 is 55.3. The standard InChI is InChI=1S/C30H35F3N4O2S2/c1-38-29-20-24(40-36-13-15-39-16-14-36)8-9-27(29)34-12-4-5-23-19-25-26(35-22-10-17-41(2)18-11-22)6-3-7-28(25)37(23)21-30(31,32)33/h3,6-9,19-20,22,34-35H,2,10-18,21H2,1H3. The summed E-state index contributed by atoms with van der Waals surface area (Å²) >= 11 is 1.66. The van der Waals surface area contributed by atoms with E-state index in [4.69, 9.17) is 9.47 Å². The molecule has 2 saturated heterocycles. The van der Waals surface area contributed by atoms with Crippen LogP contribution in [0.25, 0.3) is 10.9 Å². The summed E-state index contributed by atoms with van der Waals surface area (Å²) in [4.78, 5) is 1.06. The maximum atomic E-state index is 13.6. The predicted molar refractivity (Wildman–Crippen MR) is 166 cm³/mol. The zero-order chi connectivity index (χ0) is 28.8. The normalized spacial score (nSPS) is 19.9. The van der Waals surface area contributed by atoms with E-state index in [-0.39, 0.29) is 17.0 Å². The molecule has 11 heteroatoms. The maximum absolute atomic E-state index is 13.6. The molecule has 0 amide bonds. The van der Waals surface area contributed by atoms with E-state index in [0.29, 0.717) is 23.0 Å². The van der Waals surface area contributed by atoms with E-state index in [9.17, 15) is 13.2 Å². The fourth-order valence-electron chi connectivity index (χ4n) is 5.03. The number of ether oxygens (including phenoxy) is 2. The van der Waals surface area contributed by atoms with Crippen LogP contribution in [0.2, 0.25) is 0 Å². The molecule has 0 aliphatic carbocycles. The quantitative estimate of drug-likeness (QED) is 0.179. The molecule has 0 saturated carbocycles. The average Bonchev–Trinajstić information content (AvgIpc) is 3.30. The number of fused-ring (bicyclic) bond motifs is 1. The Bertz CT molecular complexity index is 1430. The minimum atomic E-state index is -4.37.